The number of benzene rings is 1. The molecule has 0 saturated heterocycles. The van der Waals surface area contributed by atoms with Gasteiger partial charge in [-0.15, -0.1) is 0 Å². The fraction of sp³-hybridized carbons (Fsp3) is 0.200. The molecule has 0 fully saturated rings. The summed E-state index contributed by atoms with van der Waals surface area (Å²) in [5.74, 6) is -1.09. The first-order valence-electron chi connectivity index (χ1n) is 9.53. The zero-order chi connectivity index (χ0) is 23.8. The minimum Gasteiger partial charge on any atom is -0.364 e. The molecule has 0 atom stereocenters. The number of halogens is 3. The summed E-state index contributed by atoms with van der Waals surface area (Å²) in [5, 5.41) is 3.72. The molecule has 9 nitrogen and oxygen atoms in total. The average molecular weight is 478 g/mol. The number of carbonyl (C=O) groups excluding carboxylic acids is 1. The van der Waals surface area contributed by atoms with Crippen LogP contribution in [0.5, 0.6) is 0 Å². The molecule has 0 spiro atoms. The fourth-order valence-electron chi connectivity index (χ4n) is 3.21. The Morgan fingerprint density at radius 3 is 2.64 bits per heavy atom. The standard InChI is InChI=1S/C20H17F3N6O3S/c1-33(31,32)14-6-7-24-13(9-14)10-25-18-15(20(21,22)23)11-26-19(27-18)28-29-16-5-3-2-4-12(16)8-17(29)30/h2-7,9,11H,8,10H2,1H3,(H2,25,26,27,28). The van der Waals surface area contributed by atoms with E-state index < -0.39 is 27.4 Å². The van der Waals surface area contributed by atoms with Crippen LogP contribution in [0.25, 0.3) is 0 Å². The number of hydrogen-bond acceptors (Lipinski definition) is 8. The van der Waals surface area contributed by atoms with Gasteiger partial charge in [0.1, 0.15) is 11.4 Å². The topological polar surface area (TPSA) is 117 Å². The molecule has 0 bridgehead atoms. The van der Waals surface area contributed by atoms with Crippen molar-refractivity contribution in [1.82, 2.24) is 15.0 Å². The van der Waals surface area contributed by atoms with E-state index in [2.05, 4.69) is 25.7 Å². The Morgan fingerprint density at radius 2 is 1.91 bits per heavy atom. The molecule has 2 aromatic heterocycles. The van der Waals surface area contributed by atoms with Gasteiger partial charge in [0.2, 0.25) is 11.9 Å². The third-order valence-electron chi connectivity index (χ3n) is 4.78. The molecule has 1 aliphatic rings. The van der Waals surface area contributed by atoms with Gasteiger partial charge in [0.15, 0.2) is 9.84 Å². The molecular formula is C20H17F3N6O3S. The molecule has 3 heterocycles. The SMILES string of the molecule is CS(=O)(=O)c1ccnc(CNc2nc(NN3C(=O)Cc4ccccc43)ncc2C(F)(F)F)c1. The highest BCUT2D eigenvalue weighted by Gasteiger charge is 2.36. The Labute approximate surface area is 186 Å². The Morgan fingerprint density at radius 1 is 1.15 bits per heavy atom. The Bertz CT molecular complexity index is 1330. The maximum atomic E-state index is 13.5. The number of anilines is 3. The van der Waals surface area contributed by atoms with Crippen LogP contribution in [0.4, 0.5) is 30.6 Å². The molecule has 3 aromatic rings. The summed E-state index contributed by atoms with van der Waals surface area (Å²) in [7, 11) is -3.51. The van der Waals surface area contributed by atoms with Crippen molar-refractivity contribution in [3.8, 4) is 0 Å². The van der Waals surface area contributed by atoms with E-state index in [1.54, 1.807) is 24.3 Å². The maximum Gasteiger partial charge on any atom is 0.421 e. The normalized spacial score (nSPS) is 13.7. The number of alkyl halides is 3. The van der Waals surface area contributed by atoms with Crippen molar-refractivity contribution >= 4 is 33.2 Å². The van der Waals surface area contributed by atoms with Crippen molar-refractivity contribution in [2.75, 3.05) is 22.0 Å². The molecule has 0 unspecified atom stereocenters. The van der Waals surface area contributed by atoms with Crippen molar-refractivity contribution < 1.29 is 26.4 Å². The zero-order valence-corrected chi connectivity index (χ0v) is 17.9. The third kappa shape index (κ3) is 4.87. The molecular weight excluding hydrogens is 461 g/mol. The second-order valence-electron chi connectivity index (χ2n) is 7.21. The van der Waals surface area contributed by atoms with Gasteiger partial charge in [-0.1, -0.05) is 18.2 Å². The van der Waals surface area contributed by atoms with Gasteiger partial charge in [-0.3, -0.25) is 15.2 Å². The minimum atomic E-state index is -4.75. The first-order chi connectivity index (χ1) is 15.5. The number of sulfone groups is 1. The lowest BCUT2D eigenvalue weighted by Gasteiger charge is -2.20. The van der Waals surface area contributed by atoms with Crippen molar-refractivity contribution in [2.45, 2.75) is 24.0 Å². The largest absolute Gasteiger partial charge is 0.421 e. The first-order valence-corrected chi connectivity index (χ1v) is 11.4. The predicted octanol–water partition coefficient (Wildman–Crippen LogP) is 2.82. The Hall–Kier alpha value is -3.74. The summed E-state index contributed by atoms with van der Waals surface area (Å²) >= 11 is 0. The van der Waals surface area contributed by atoms with Crippen LogP contribution in [0.15, 0.2) is 53.7 Å². The highest BCUT2D eigenvalue weighted by atomic mass is 32.2. The number of hydrogen-bond donors (Lipinski definition) is 2. The van der Waals surface area contributed by atoms with Crippen LogP contribution in [0.3, 0.4) is 0 Å². The number of hydrazine groups is 1. The Kier molecular flexibility index (Phi) is 5.66. The summed E-state index contributed by atoms with van der Waals surface area (Å²) in [4.78, 5) is 23.9. The summed E-state index contributed by atoms with van der Waals surface area (Å²) in [6, 6.07) is 9.51. The number of aromatic nitrogens is 3. The molecule has 0 aliphatic carbocycles. The fourth-order valence-corrected chi connectivity index (χ4v) is 3.87. The number of nitrogens with one attached hydrogen (secondary N) is 2. The van der Waals surface area contributed by atoms with Crippen LogP contribution in [0, 0.1) is 0 Å². The van der Waals surface area contributed by atoms with E-state index in [0.29, 0.717) is 11.9 Å². The predicted molar refractivity (Wildman–Crippen MR) is 113 cm³/mol. The van der Waals surface area contributed by atoms with E-state index >= 15 is 0 Å². The lowest BCUT2D eigenvalue weighted by molar-refractivity contribution is -0.137. The molecule has 33 heavy (non-hydrogen) atoms. The molecule has 1 amide bonds. The van der Waals surface area contributed by atoms with E-state index in [1.807, 2.05) is 0 Å². The van der Waals surface area contributed by atoms with Crippen LogP contribution in [-0.4, -0.2) is 35.5 Å². The van der Waals surface area contributed by atoms with Gasteiger partial charge in [-0.25, -0.2) is 18.4 Å². The smallest absolute Gasteiger partial charge is 0.364 e. The zero-order valence-electron chi connectivity index (χ0n) is 17.1. The molecule has 0 radical (unpaired) electrons. The van der Waals surface area contributed by atoms with Gasteiger partial charge in [0.25, 0.3) is 0 Å². The van der Waals surface area contributed by atoms with Crippen molar-refractivity contribution in [2.24, 2.45) is 0 Å². The average Bonchev–Trinajstić information content (AvgIpc) is 3.06. The number of rotatable bonds is 6. The number of pyridine rings is 1. The molecule has 1 aromatic carbocycles. The van der Waals surface area contributed by atoms with Crippen LogP contribution in [-0.2, 0) is 33.8 Å². The molecule has 0 saturated carbocycles. The van der Waals surface area contributed by atoms with E-state index in [-0.39, 0.29) is 35.4 Å². The van der Waals surface area contributed by atoms with Crippen LogP contribution in [0.2, 0.25) is 0 Å². The van der Waals surface area contributed by atoms with Crippen molar-refractivity contribution in [1.29, 1.82) is 0 Å². The van der Waals surface area contributed by atoms with Gasteiger partial charge in [-0.2, -0.15) is 18.2 Å². The summed E-state index contributed by atoms with van der Waals surface area (Å²) in [6.45, 7) is -0.228. The van der Waals surface area contributed by atoms with E-state index in [4.69, 9.17) is 0 Å². The van der Waals surface area contributed by atoms with Gasteiger partial charge in [-0.05, 0) is 23.8 Å². The van der Waals surface area contributed by atoms with Crippen LogP contribution < -0.4 is 15.8 Å². The van der Waals surface area contributed by atoms with Crippen LogP contribution >= 0.6 is 0 Å². The highest BCUT2D eigenvalue weighted by Crippen LogP contribution is 2.34. The van der Waals surface area contributed by atoms with Gasteiger partial charge < -0.3 is 5.32 Å². The first kappa shape index (κ1) is 22.5. The van der Waals surface area contributed by atoms with Gasteiger partial charge in [0.05, 0.1) is 29.2 Å². The maximum absolute atomic E-state index is 13.5. The van der Waals surface area contributed by atoms with Crippen molar-refractivity contribution in [3.63, 3.8) is 0 Å². The second kappa shape index (κ2) is 8.31. The van der Waals surface area contributed by atoms with Crippen molar-refractivity contribution in [3.05, 3.63) is 65.6 Å². The second-order valence-corrected chi connectivity index (χ2v) is 9.22. The molecule has 13 heteroatoms. The lowest BCUT2D eigenvalue weighted by Crippen LogP contribution is -2.34. The van der Waals surface area contributed by atoms with E-state index in [1.165, 1.54) is 23.3 Å². The van der Waals surface area contributed by atoms with Crippen LogP contribution in [0.1, 0.15) is 16.8 Å². The van der Waals surface area contributed by atoms with Gasteiger partial charge >= 0.3 is 6.18 Å². The Balaban J connectivity index is 1.61. The number of amides is 1. The summed E-state index contributed by atoms with van der Waals surface area (Å²) < 4.78 is 63.9. The minimum absolute atomic E-state index is 0.0124. The highest BCUT2D eigenvalue weighted by molar-refractivity contribution is 7.90. The third-order valence-corrected chi connectivity index (χ3v) is 5.89. The van der Waals surface area contributed by atoms with E-state index in [0.717, 1.165) is 11.8 Å². The monoisotopic (exact) mass is 478 g/mol. The van der Waals surface area contributed by atoms with Gasteiger partial charge in [0, 0.05) is 18.6 Å². The van der Waals surface area contributed by atoms with E-state index in [9.17, 15) is 26.4 Å². The molecule has 1 aliphatic heterocycles. The summed E-state index contributed by atoms with van der Waals surface area (Å²) in [6.07, 6.45) is -1.75. The molecule has 4 rings (SSSR count). The molecule has 172 valence electrons. The molecule has 2 N–H and O–H groups in total. The quantitative estimate of drug-likeness (QED) is 0.556. The number of fused-ring (bicyclic) bond motifs is 1. The lowest BCUT2D eigenvalue weighted by atomic mass is 10.2. The number of nitrogens with zero attached hydrogens (tertiary/aromatic N) is 4. The number of para-hydroxylation sites is 1. The number of carbonyl (C=O) groups is 1. The summed E-state index contributed by atoms with van der Waals surface area (Å²) in [5.41, 5.74) is 3.04.